The Kier molecular flexibility index (Phi) is 4.48. The van der Waals surface area contributed by atoms with Crippen molar-refractivity contribution in [3.8, 4) is 11.5 Å². The van der Waals surface area contributed by atoms with E-state index in [1.54, 1.807) is 0 Å². The van der Waals surface area contributed by atoms with Crippen molar-refractivity contribution in [1.29, 1.82) is 0 Å². The molecule has 0 unspecified atom stereocenters. The molecule has 1 aliphatic carbocycles. The summed E-state index contributed by atoms with van der Waals surface area (Å²) in [6.45, 7) is 6.25. The van der Waals surface area contributed by atoms with E-state index in [1.807, 2.05) is 5.32 Å². The SMILES string of the molecule is C[C@H]1C[C@@H](NC(=O)NC2(C(F)(F)F)Oc3ccccc3O2)CC(C)(C)C1. The summed E-state index contributed by atoms with van der Waals surface area (Å²) in [4.78, 5) is 12.3. The number of para-hydroxylation sites is 2. The number of alkyl halides is 3. The first kappa shape index (κ1) is 18.7. The number of halogens is 3. The van der Waals surface area contributed by atoms with Gasteiger partial charge in [0.1, 0.15) is 0 Å². The minimum absolute atomic E-state index is 0.0217. The summed E-state index contributed by atoms with van der Waals surface area (Å²) in [6.07, 6.45) is -2.52. The van der Waals surface area contributed by atoms with Crippen molar-refractivity contribution < 1.29 is 27.4 Å². The summed E-state index contributed by atoms with van der Waals surface area (Å²) in [7, 11) is 0. The molecule has 0 spiro atoms. The number of urea groups is 1. The van der Waals surface area contributed by atoms with Crippen LogP contribution < -0.4 is 20.1 Å². The summed E-state index contributed by atoms with van der Waals surface area (Å²) >= 11 is 0. The standard InChI is InChI=1S/C18H23F3N2O3/c1-11-8-12(10-16(2,3)9-11)22-15(24)23-18(17(19,20)21)25-13-6-4-5-7-14(13)26-18/h4-7,11-12H,8-10H2,1-3H3,(H2,22,23,24)/t11-,12+/m0/s1. The average Bonchev–Trinajstić information content (AvgIpc) is 2.83. The predicted octanol–water partition coefficient (Wildman–Crippen LogP) is 4.19. The molecule has 1 aromatic carbocycles. The molecule has 144 valence electrons. The van der Waals surface area contributed by atoms with E-state index in [0.29, 0.717) is 12.3 Å². The Labute approximate surface area is 150 Å². The smallest absolute Gasteiger partial charge is 0.424 e. The Morgan fingerprint density at radius 1 is 1.15 bits per heavy atom. The van der Waals surface area contributed by atoms with Crippen LogP contribution in [0.15, 0.2) is 24.3 Å². The van der Waals surface area contributed by atoms with Crippen molar-refractivity contribution >= 4 is 6.03 Å². The molecule has 3 rings (SSSR count). The Balaban J connectivity index is 1.72. The van der Waals surface area contributed by atoms with Gasteiger partial charge in [-0.1, -0.05) is 32.9 Å². The molecule has 2 N–H and O–H groups in total. The molecule has 0 radical (unpaired) electrons. The first-order valence-corrected chi connectivity index (χ1v) is 8.62. The van der Waals surface area contributed by atoms with Gasteiger partial charge in [-0.3, -0.25) is 5.32 Å². The molecule has 0 bridgehead atoms. The number of amides is 2. The van der Waals surface area contributed by atoms with Crippen molar-refractivity contribution in [3.63, 3.8) is 0 Å². The molecule has 0 aromatic heterocycles. The van der Waals surface area contributed by atoms with Gasteiger partial charge in [-0.2, -0.15) is 13.2 Å². The van der Waals surface area contributed by atoms with E-state index >= 15 is 0 Å². The quantitative estimate of drug-likeness (QED) is 0.818. The van der Waals surface area contributed by atoms with Crippen LogP contribution in [0, 0.1) is 11.3 Å². The predicted molar refractivity (Wildman–Crippen MR) is 88.7 cm³/mol. The molecule has 5 nitrogen and oxygen atoms in total. The molecule has 26 heavy (non-hydrogen) atoms. The molecular weight excluding hydrogens is 349 g/mol. The molecule has 2 atom stereocenters. The summed E-state index contributed by atoms with van der Waals surface area (Å²) < 4.78 is 50.8. The van der Waals surface area contributed by atoms with E-state index < -0.39 is 18.1 Å². The normalized spacial score (nSPS) is 26.2. The topological polar surface area (TPSA) is 59.6 Å². The van der Waals surface area contributed by atoms with Crippen LogP contribution in [-0.4, -0.2) is 24.2 Å². The number of carbonyl (C=O) groups excluding carboxylic acids is 1. The number of ether oxygens (including phenoxy) is 2. The number of hydrogen-bond donors (Lipinski definition) is 2. The maximum absolute atomic E-state index is 13.6. The number of fused-ring (bicyclic) bond motifs is 1. The largest absolute Gasteiger partial charge is 0.492 e. The molecule has 8 heteroatoms. The molecule has 1 aliphatic heterocycles. The van der Waals surface area contributed by atoms with E-state index in [4.69, 9.17) is 9.47 Å². The number of benzene rings is 1. The summed E-state index contributed by atoms with van der Waals surface area (Å²) in [5.41, 5.74) is 0.0217. The highest BCUT2D eigenvalue weighted by molar-refractivity contribution is 5.75. The van der Waals surface area contributed by atoms with Crippen molar-refractivity contribution in [2.75, 3.05) is 0 Å². The number of nitrogens with one attached hydrogen (secondary N) is 2. The van der Waals surface area contributed by atoms with Gasteiger partial charge in [-0.15, -0.1) is 0 Å². The van der Waals surface area contributed by atoms with Crippen LogP contribution in [0.1, 0.15) is 40.0 Å². The van der Waals surface area contributed by atoms with E-state index in [1.165, 1.54) is 24.3 Å². The fraction of sp³-hybridized carbons (Fsp3) is 0.611. The van der Waals surface area contributed by atoms with E-state index in [9.17, 15) is 18.0 Å². The van der Waals surface area contributed by atoms with Gasteiger partial charge in [0.2, 0.25) is 0 Å². The first-order chi connectivity index (χ1) is 12.0. The van der Waals surface area contributed by atoms with Gasteiger partial charge in [-0.25, -0.2) is 4.79 Å². The van der Waals surface area contributed by atoms with Gasteiger partial charge in [0.15, 0.2) is 11.5 Å². The summed E-state index contributed by atoms with van der Waals surface area (Å²) in [5.74, 6) is -2.99. The maximum Gasteiger partial charge on any atom is 0.492 e. The van der Waals surface area contributed by atoms with Gasteiger partial charge < -0.3 is 14.8 Å². The van der Waals surface area contributed by atoms with E-state index in [0.717, 1.165) is 12.8 Å². The molecule has 1 fully saturated rings. The summed E-state index contributed by atoms with van der Waals surface area (Å²) in [5, 5.41) is 4.49. The molecule has 1 heterocycles. The second-order valence-corrected chi connectivity index (χ2v) is 7.97. The minimum Gasteiger partial charge on any atom is -0.424 e. The second-order valence-electron chi connectivity index (χ2n) is 7.97. The van der Waals surface area contributed by atoms with Crippen molar-refractivity contribution in [2.24, 2.45) is 11.3 Å². The lowest BCUT2D eigenvalue weighted by Gasteiger charge is -2.39. The fourth-order valence-electron chi connectivity index (χ4n) is 4.01. The Bertz CT molecular complexity index is 666. The van der Waals surface area contributed by atoms with Crippen LogP contribution in [0.4, 0.5) is 18.0 Å². The fourth-order valence-corrected chi connectivity index (χ4v) is 4.01. The third-order valence-electron chi connectivity index (χ3n) is 4.73. The van der Waals surface area contributed by atoms with Crippen LogP contribution in [0.3, 0.4) is 0 Å². The van der Waals surface area contributed by atoms with Crippen LogP contribution >= 0.6 is 0 Å². The monoisotopic (exact) mass is 372 g/mol. The number of carbonyl (C=O) groups is 1. The highest BCUT2D eigenvalue weighted by atomic mass is 19.4. The Morgan fingerprint density at radius 3 is 2.23 bits per heavy atom. The zero-order chi connectivity index (χ0) is 19.2. The number of rotatable bonds is 2. The third-order valence-corrected chi connectivity index (χ3v) is 4.73. The van der Waals surface area contributed by atoms with Crippen LogP contribution in [-0.2, 0) is 0 Å². The Morgan fingerprint density at radius 2 is 1.73 bits per heavy atom. The maximum atomic E-state index is 13.6. The first-order valence-electron chi connectivity index (χ1n) is 8.62. The van der Waals surface area contributed by atoms with Gasteiger partial charge in [0, 0.05) is 6.04 Å². The van der Waals surface area contributed by atoms with Crippen molar-refractivity contribution in [2.45, 2.75) is 58.2 Å². The molecular formula is C18H23F3N2O3. The van der Waals surface area contributed by atoms with Crippen LogP contribution in [0.2, 0.25) is 0 Å². The molecule has 2 amide bonds. The zero-order valence-electron chi connectivity index (χ0n) is 14.9. The second kappa shape index (κ2) is 6.25. The van der Waals surface area contributed by atoms with Crippen molar-refractivity contribution in [1.82, 2.24) is 10.6 Å². The van der Waals surface area contributed by atoms with E-state index in [2.05, 4.69) is 26.1 Å². The third kappa shape index (κ3) is 3.68. The molecule has 1 saturated carbocycles. The van der Waals surface area contributed by atoms with Gasteiger partial charge in [0.05, 0.1) is 0 Å². The molecule has 0 saturated heterocycles. The number of hydrogen-bond acceptors (Lipinski definition) is 3. The molecule has 1 aromatic rings. The van der Waals surface area contributed by atoms with Gasteiger partial charge in [-0.05, 0) is 42.7 Å². The van der Waals surface area contributed by atoms with Crippen LogP contribution in [0.25, 0.3) is 0 Å². The minimum atomic E-state index is -4.96. The lowest BCUT2D eigenvalue weighted by molar-refractivity contribution is -0.317. The van der Waals surface area contributed by atoms with E-state index in [-0.39, 0.29) is 23.0 Å². The lowest BCUT2D eigenvalue weighted by Crippen LogP contribution is -2.67. The van der Waals surface area contributed by atoms with Gasteiger partial charge in [0.25, 0.3) is 0 Å². The Hall–Kier alpha value is -2.12. The molecule has 2 aliphatic rings. The average molecular weight is 372 g/mol. The zero-order valence-corrected chi connectivity index (χ0v) is 14.9. The van der Waals surface area contributed by atoms with Crippen LogP contribution in [0.5, 0.6) is 11.5 Å². The highest BCUT2D eigenvalue weighted by Crippen LogP contribution is 2.45. The highest BCUT2D eigenvalue weighted by Gasteiger charge is 2.65. The van der Waals surface area contributed by atoms with Crippen molar-refractivity contribution in [3.05, 3.63) is 24.3 Å². The summed E-state index contributed by atoms with van der Waals surface area (Å²) in [6, 6.07) is 4.59. The lowest BCUT2D eigenvalue weighted by atomic mass is 9.71. The van der Waals surface area contributed by atoms with Gasteiger partial charge >= 0.3 is 18.1 Å².